The highest BCUT2D eigenvalue weighted by Gasteiger charge is 2.70. The van der Waals surface area contributed by atoms with Crippen LogP contribution in [0, 0.1) is 0 Å². The fraction of sp³-hybridized carbons (Fsp3) is 0.267. The number of anilines is 1. The Morgan fingerprint density at radius 2 is 1.70 bits per heavy atom. The summed E-state index contributed by atoms with van der Waals surface area (Å²) in [4.78, 5) is 37.3. The van der Waals surface area contributed by atoms with E-state index in [-0.39, 0.29) is 22.5 Å². The van der Waals surface area contributed by atoms with Crippen molar-refractivity contribution in [3.63, 3.8) is 0 Å². The molecule has 1 aromatic heterocycles. The Hall–Kier alpha value is -2.71. The summed E-state index contributed by atoms with van der Waals surface area (Å²) in [5.74, 6) is -0.844. The molecule has 0 fully saturated rings. The zero-order valence-corrected chi connectivity index (χ0v) is 12.3. The van der Waals surface area contributed by atoms with Gasteiger partial charge in [-0.2, -0.15) is 0 Å². The first-order valence-corrected chi connectivity index (χ1v) is 6.93. The van der Waals surface area contributed by atoms with Gasteiger partial charge in [-0.25, -0.2) is 4.79 Å². The number of ketones is 1. The lowest BCUT2D eigenvalue weighted by atomic mass is 9.88. The summed E-state index contributed by atoms with van der Waals surface area (Å²) >= 11 is 0. The molecule has 1 aliphatic carbocycles. The molecular weight excluding hydrogens is 302 g/mol. The molecule has 0 amide bonds. The zero-order valence-electron chi connectivity index (χ0n) is 12.3. The van der Waals surface area contributed by atoms with Gasteiger partial charge >= 0.3 is 5.69 Å². The lowest BCUT2D eigenvalue weighted by molar-refractivity contribution is -0.101. The molecule has 0 bridgehead atoms. The molecule has 0 saturated carbocycles. The van der Waals surface area contributed by atoms with Crippen molar-refractivity contribution in [1.29, 1.82) is 0 Å². The van der Waals surface area contributed by atoms with Crippen molar-refractivity contribution in [2.75, 3.05) is 5.32 Å². The first-order chi connectivity index (χ1) is 10.7. The number of aromatic nitrogens is 2. The summed E-state index contributed by atoms with van der Waals surface area (Å²) < 4.78 is 1.88. The van der Waals surface area contributed by atoms with Crippen LogP contribution in [-0.2, 0) is 25.4 Å². The van der Waals surface area contributed by atoms with E-state index in [1.165, 1.54) is 26.2 Å². The van der Waals surface area contributed by atoms with Crippen LogP contribution in [0.4, 0.5) is 5.82 Å². The fourth-order valence-electron chi connectivity index (χ4n) is 3.49. The second-order valence-electron chi connectivity index (χ2n) is 5.85. The lowest BCUT2D eigenvalue weighted by Gasteiger charge is -2.29. The largest absolute Gasteiger partial charge is 0.372 e. The summed E-state index contributed by atoms with van der Waals surface area (Å²) in [5, 5.41) is 24.7. The van der Waals surface area contributed by atoms with Crippen LogP contribution in [0.3, 0.4) is 0 Å². The monoisotopic (exact) mass is 315 g/mol. The van der Waals surface area contributed by atoms with Crippen molar-refractivity contribution in [2.45, 2.75) is 11.3 Å². The number of fused-ring (bicyclic) bond motifs is 5. The predicted molar refractivity (Wildman–Crippen MR) is 79.1 cm³/mol. The van der Waals surface area contributed by atoms with Gasteiger partial charge in [0.25, 0.3) is 5.56 Å². The fourth-order valence-corrected chi connectivity index (χ4v) is 3.49. The molecule has 0 radical (unpaired) electrons. The number of rotatable bonds is 0. The van der Waals surface area contributed by atoms with E-state index >= 15 is 0 Å². The summed E-state index contributed by atoms with van der Waals surface area (Å²) in [7, 11) is 2.63. The molecule has 2 aliphatic rings. The summed E-state index contributed by atoms with van der Waals surface area (Å²) in [6.07, 6.45) is 0. The number of Topliss-reactive ketones (excluding diaryl/α,β-unsaturated/α-hetero) is 1. The van der Waals surface area contributed by atoms with Crippen molar-refractivity contribution in [2.24, 2.45) is 14.1 Å². The maximum atomic E-state index is 12.7. The van der Waals surface area contributed by atoms with Crippen molar-refractivity contribution < 1.29 is 15.0 Å². The highest BCUT2D eigenvalue weighted by Crippen LogP contribution is 2.54. The number of hydrogen-bond donors (Lipinski definition) is 3. The average Bonchev–Trinajstić information content (AvgIpc) is 2.88. The van der Waals surface area contributed by atoms with Gasteiger partial charge in [-0.3, -0.25) is 18.7 Å². The van der Waals surface area contributed by atoms with Gasteiger partial charge < -0.3 is 15.5 Å². The molecule has 1 aliphatic heterocycles. The maximum absolute atomic E-state index is 12.7. The van der Waals surface area contributed by atoms with Gasteiger partial charge in [-0.15, -0.1) is 0 Å². The van der Waals surface area contributed by atoms with Crippen LogP contribution in [0.1, 0.15) is 21.5 Å². The van der Waals surface area contributed by atoms with Crippen molar-refractivity contribution in [1.82, 2.24) is 9.13 Å². The molecule has 4 rings (SSSR count). The Balaban J connectivity index is 2.17. The normalized spacial score (nSPS) is 27.4. The predicted octanol–water partition coefficient (Wildman–Crippen LogP) is -1.26. The van der Waals surface area contributed by atoms with Crippen molar-refractivity contribution >= 4 is 11.6 Å². The molecule has 3 N–H and O–H groups in total. The number of carbonyl (C=O) groups excluding carboxylic acids is 1. The molecule has 118 valence electrons. The second-order valence-corrected chi connectivity index (χ2v) is 5.85. The van der Waals surface area contributed by atoms with Gasteiger partial charge in [-0.1, -0.05) is 24.3 Å². The molecule has 0 unspecified atom stereocenters. The van der Waals surface area contributed by atoms with Gasteiger partial charge in [0.15, 0.2) is 0 Å². The van der Waals surface area contributed by atoms with E-state index in [0.717, 1.165) is 9.13 Å². The van der Waals surface area contributed by atoms with Crippen LogP contribution >= 0.6 is 0 Å². The quantitative estimate of drug-likeness (QED) is 0.559. The molecule has 1 aromatic carbocycles. The first-order valence-electron chi connectivity index (χ1n) is 6.93. The molecule has 2 aromatic rings. The number of hydrogen-bond acceptors (Lipinski definition) is 6. The highest BCUT2D eigenvalue weighted by atomic mass is 16.4. The van der Waals surface area contributed by atoms with Gasteiger partial charge in [0.05, 0.1) is 0 Å². The third-order valence-corrected chi connectivity index (χ3v) is 4.74. The molecule has 0 saturated heterocycles. The average molecular weight is 315 g/mol. The molecule has 23 heavy (non-hydrogen) atoms. The van der Waals surface area contributed by atoms with Crippen LogP contribution in [0.25, 0.3) is 0 Å². The number of aliphatic hydroxyl groups is 2. The van der Waals surface area contributed by atoms with E-state index in [2.05, 4.69) is 5.32 Å². The van der Waals surface area contributed by atoms with E-state index in [1.807, 2.05) is 0 Å². The highest BCUT2D eigenvalue weighted by molar-refractivity contribution is 6.11. The topological polar surface area (TPSA) is 114 Å². The van der Waals surface area contributed by atoms with Crippen LogP contribution in [0.5, 0.6) is 0 Å². The number of nitrogens with zero attached hydrogens (tertiary/aromatic N) is 2. The Morgan fingerprint density at radius 3 is 2.39 bits per heavy atom. The van der Waals surface area contributed by atoms with Gasteiger partial charge in [0.1, 0.15) is 11.4 Å². The van der Waals surface area contributed by atoms with Crippen LogP contribution in [0.15, 0.2) is 33.9 Å². The Bertz CT molecular complexity index is 1020. The van der Waals surface area contributed by atoms with Gasteiger partial charge in [0, 0.05) is 25.2 Å². The van der Waals surface area contributed by atoms with Crippen molar-refractivity contribution in [3.8, 4) is 0 Å². The van der Waals surface area contributed by atoms with Crippen LogP contribution in [-0.4, -0.2) is 25.1 Å². The summed E-state index contributed by atoms with van der Waals surface area (Å²) in [6.45, 7) is 0. The van der Waals surface area contributed by atoms with E-state index in [9.17, 15) is 24.6 Å². The Labute approximate surface area is 129 Å². The number of carbonyl (C=O) groups is 1. The minimum atomic E-state index is -2.48. The zero-order chi connectivity index (χ0) is 16.7. The molecule has 0 spiro atoms. The van der Waals surface area contributed by atoms with Crippen LogP contribution < -0.4 is 16.6 Å². The molecule has 2 atom stereocenters. The van der Waals surface area contributed by atoms with E-state index in [4.69, 9.17) is 0 Å². The molecule has 8 heteroatoms. The van der Waals surface area contributed by atoms with E-state index in [0.29, 0.717) is 0 Å². The smallest absolute Gasteiger partial charge is 0.332 e. The number of nitrogens with one attached hydrogen (secondary N) is 1. The minimum absolute atomic E-state index is 0.0639. The van der Waals surface area contributed by atoms with E-state index in [1.54, 1.807) is 12.1 Å². The SMILES string of the molecule is Cn1c2c(c(=O)n(C)c1=O)[C@]1(O)C(=O)c3ccccc3[C@@]1(O)N2. The lowest BCUT2D eigenvalue weighted by Crippen LogP contribution is -2.52. The summed E-state index contributed by atoms with van der Waals surface area (Å²) in [6, 6.07) is 6.17. The second kappa shape index (κ2) is 3.79. The maximum Gasteiger partial charge on any atom is 0.332 e. The first kappa shape index (κ1) is 13.9. The third kappa shape index (κ3) is 1.24. The molecular formula is C15H13N3O5. The van der Waals surface area contributed by atoms with Gasteiger partial charge in [-0.05, 0) is 0 Å². The third-order valence-electron chi connectivity index (χ3n) is 4.74. The van der Waals surface area contributed by atoms with Crippen molar-refractivity contribution in [3.05, 3.63) is 61.8 Å². The minimum Gasteiger partial charge on any atom is -0.372 e. The molecule has 8 nitrogen and oxygen atoms in total. The standard InChI is InChI=1S/C15H13N3O5/c1-17-11-9(12(20)18(2)13(17)21)14(22)10(19)7-5-3-4-6-8(7)15(14,23)16-11/h3-6,16,22-23H,1-2H3/t14-,15-/m0/s1. The Morgan fingerprint density at radius 1 is 1.04 bits per heavy atom. The van der Waals surface area contributed by atoms with E-state index < -0.39 is 28.4 Å². The number of benzene rings is 1. The van der Waals surface area contributed by atoms with Crippen LogP contribution in [0.2, 0.25) is 0 Å². The molecule has 2 heterocycles. The van der Waals surface area contributed by atoms with Gasteiger partial charge in [0.2, 0.25) is 17.1 Å². The Kier molecular flexibility index (Phi) is 2.29. The summed E-state index contributed by atoms with van der Waals surface area (Å²) in [5.41, 5.74) is -6.16.